The van der Waals surface area contributed by atoms with E-state index in [1.165, 1.54) is 4.90 Å². The van der Waals surface area contributed by atoms with Gasteiger partial charge in [-0.3, -0.25) is 9.58 Å². The van der Waals surface area contributed by atoms with Crippen LogP contribution in [0.15, 0.2) is 30.3 Å². The Labute approximate surface area is 134 Å². The number of carbonyl (C=O) groups excluding carboxylic acids is 1. The summed E-state index contributed by atoms with van der Waals surface area (Å²) in [5, 5.41) is 14.0. The van der Waals surface area contributed by atoms with Gasteiger partial charge in [0.1, 0.15) is 6.61 Å². The SMILES string of the molecule is Cc1c2c(nn1C)CCN(C(=O)OCc1ccccc1)C2C#N. The number of nitriles is 1. The van der Waals surface area contributed by atoms with Gasteiger partial charge in [-0.25, -0.2) is 4.79 Å². The molecule has 118 valence electrons. The number of aryl methyl sites for hydroxylation is 1. The number of aromatic nitrogens is 2. The number of hydrogen-bond donors (Lipinski definition) is 0. The minimum atomic E-state index is -0.643. The van der Waals surface area contributed by atoms with E-state index in [4.69, 9.17) is 4.74 Å². The van der Waals surface area contributed by atoms with Crippen molar-refractivity contribution in [3.05, 3.63) is 52.8 Å². The number of benzene rings is 1. The molecule has 0 spiro atoms. The van der Waals surface area contributed by atoms with E-state index in [9.17, 15) is 10.1 Å². The molecule has 2 heterocycles. The molecule has 1 aliphatic heterocycles. The summed E-state index contributed by atoms with van der Waals surface area (Å²) in [6.45, 7) is 2.55. The largest absolute Gasteiger partial charge is 0.445 e. The Bertz CT molecular complexity index is 761. The van der Waals surface area contributed by atoms with Crippen molar-refractivity contribution in [3.8, 4) is 6.07 Å². The summed E-state index contributed by atoms with van der Waals surface area (Å²) in [4.78, 5) is 13.9. The average molecular weight is 310 g/mol. The summed E-state index contributed by atoms with van der Waals surface area (Å²) >= 11 is 0. The Kier molecular flexibility index (Phi) is 4.02. The summed E-state index contributed by atoms with van der Waals surface area (Å²) in [6.07, 6.45) is 0.171. The van der Waals surface area contributed by atoms with Gasteiger partial charge in [-0.15, -0.1) is 0 Å². The molecule has 0 bridgehead atoms. The molecule has 0 saturated carbocycles. The molecule has 1 atom stereocenters. The molecule has 1 aliphatic rings. The zero-order valence-corrected chi connectivity index (χ0v) is 13.2. The second kappa shape index (κ2) is 6.13. The Morgan fingerprint density at radius 2 is 2.17 bits per heavy atom. The smallest absolute Gasteiger partial charge is 0.411 e. The van der Waals surface area contributed by atoms with Gasteiger partial charge in [0.15, 0.2) is 6.04 Å². The maximum Gasteiger partial charge on any atom is 0.411 e. The highest BCUT2D eigenvalue weighted by Crippen LogP contribution is 2.31. The number of fused-ring (bicyclic) bond motifs is 1. The Morgan fingerprint density at radius 1 is 1.43 bits per heavy atom. The average Bonchev–Trinajstić information content (AvgIpc) is 2.87. The van der Waals surface area contributed by atoms with Gasteiger partial charge in [0, 0.05) is 31.3 Å². The first-order valence-electron chi connectivity index (χ1n) is 7.51. The highest BCUT2D eigenvalue weighted by atomic mass is 16.6. The first-order valence-corrected chi connectivity index (χ1v) is 7.51. The minimum absolute atomic E-state index is 0.202. The monoisotopic (exact) mass is 310 g/mol. The molecule has 0 N–H and O–H groups in total. The molecule has 2 aromatic rings. The van der Waals surface area contributed by atoms with Crippen LogP contribution < -0.4 is 0 Å². The molecular formula is C17H18N4O2. The van der Waals surface area contributed by atoms with Crippen LogP contribution in [0.3, 0.4) is 0 Å². The molecule has 6 nitrogen and oxygen atoms in total. The number of nitrogens with zero attached hydrogens (tertiary/aromatic N) is 4. The van der Waals surface area contributed by atoms with Crippen molar-refractivity contribution in [2.75, 3.05) is 6.54 Å². The van der Waals surface area contributed by atoms with Crippen molar-refractivity contribution < 1.29 is 9.53 Å². The zero-order chi connectivity index (χ0) is 16.4. The van der Waals surface area contributed by atoms with Gasteiger partial charge < -0.3 is 4.74 Å². The summed E-state index contributed by atoms with van der Waals surface area (Å²) in [5.41, 5.74) is 3.55. The van der Waals surface area contributed by atoms with Gasteiger partial charge in [-0.2, -0.15) is 10.4 Å². The number of carbonyl (C=O) groups is 1. The summed E-state index contributed by atoms with van der Waals surface area (Å²) in [6, 6.07) is 11.1. The van der Waals surface area contributed by atoms with E-state index in [1.807, 2.05) is 44.3 Å². The second-order valence-corrected chi connectivity index (χ2v) is 5.58. The van der Waals surface area contributed by atoms with Gasteiger partial charge in [0.2, 0.25) is 0 Å². The molecule has 0 radical (unpaired) electrons. The van der Waals surface area contributed by atoms with Crippen LogP contribution in [0.1, 0.15) is 28.6 Å². The van der Waals surface area contributed by atoms with Crippen LogP contribution in [0.5, 0.6) is 0 Å². The number of amides is 1. The topological polar surface area (TPSA) is 71.2 Å². The maximum atomic E-state index is 12.4. The third kappa shape index (κ3) is 2.78. The van der Waals surface area contributed by atoms with Crippen molar-refractivity contribution in [3.63, 3.8) is 0 Å². The first-order chi connectivity index (χ1) is 11.1. The number of rotatable bonds is 2. The molecule has 1 aromatic carbocycles. The van der Waals surface area contributed by atoms with Crippen molar-refractivity contribution in [2.45, 2.75) is 26.0 Å². The fourth-order valence-corrected chi connectivity index (χ4v) is 2.88. The van der Waals surface area contributed by atoms with Crippen molar-refractivity contribution in [1.29, 1.82) is 5.26 Å². The Hall–Kier alpha value is -2.81. The van der Waals surface area contributed by atoms with Crippen LogP contribution in [0.2, 0.25) is 0 Å². The molecule has 1 unspecified atom stereocenters. The van der Waals surface area contributed by atoms with E-state index < -0.39 is 12.1 Å². The van der Waals surface area contributed by atoms with Crippen molar-refractivity contribution in [2.24, 2.45) is 7.05 Å². The lowest BCUT2D eigenvalue weighted by Crippen LogP contribution is -2.39. The lowest BCUT2D eigenvalue weighted by atomic mass is 9.98. The lowest BCUT2D eigenvalue weighted by molar-refractivity contribution is 0.0857. The standard InChI is InChI=1S/C17H18N4O2/c1-12-16-14(19-20(12)2)8-9-21(15(16)10-18)17(22)23-11-13-6-4-3-5-7-13/h3-7,15H,8-9,11H2,1-2H3. The highest BCUT2D eigenvalue weighted by molar-refractivity contribution is 5.69. The van der Waals surface area contributed by atoms with Gasteiger partial charge in [0.25, 0.3) is 0 Å². The van der Waals surface area contributed by atoms with Gasteiger partial charge in [0.05, 0.1) is 11.8 Å². The lowest BCUT2D eigenvalue weighted by Gasteiger charge is -2.30. The van der Waals surface area contributed by atoms with Gasteiger partial charge in [-0.1, -0.05) is 30.3 Å². The van der Waals surface area contributed by atoms with Crippen molar-refractivity contribution >= 4 is 6.09 Å². The third-order valence-electron chi connectivity index (χ3n) is 4.19. The van der Waals surface area contributed by atoms with Crippen LogP contribution in [0.25, 0.3) is 0 Å². The fraction of sp³-hybridized carbons (Fsp3) is 0.353. The molecule has 1 aromatic heterocycles. The molecule has 6 heteroatoms. The van der Waals surface area contributed by atoms with Crippen LogP contribution in [0, 0.1) is 18.3 Å². The van der Waals surface area contributed by atoms with Crippen LogP contribution in [-0.4, -0.2) is 27.3 Å². The Balaban J connectivity index is 1.76. The van der Waals surface area contributed by atoms with E-state index in [0.29, 0.717) is 13.0 Å². The minimum Gasteiger partial charge on any atom is -0.445 e. The predicted molar refractivity (Wildman–Crippen MR) is 83.3 cm³/mol. The molecule has 3 rings (SSSR count). The van der Waals surface area contributed by atoms with Crippen LogP contribution in [0.4, 0.5) is 4.79 Å². The number of hydrogen-bond acceptors (Lipinski definition) is 4. The summed E-state index contributed by atoms with van der Waals surface area (Å²) in [7, 11) is 1.85. The number of ether oxygens (including phenoxy) is 1. The Morgan fingerprint density at radius 3 is 2.87 bits per heavy atom. The van der Waals surface area contributed by atoms with Gasteiger partial charge in [-0.05, 0) is 12.5 Å². The van der Waals surface area contributed by atoms with E-state index >= 15 is 0 Å². The van der Waals surface area contributed by atoms with E-state index in [2.05, 4.69) is 11.2 Å². The molecule has 23 heavy (non-hydrogen) atoms. The quantitative estimate of drug-likeness (QED) is 0.854. The van der Waals surface area contributed by atoms with Crippen molar-refractivity contribution in [1.82, 2.24) is 14.7 Å². The molecule has 1 amide bonds. The van der Waals surface area contributed by atoms with E-state index in [1.54, 1.807) is 4.68 Å². The second-order valence-electron chi connectivity index (χ2n) is 5.58. The summed E-state index contributed by atoms with van der Waals surface area (Å²) < 4.78 is 7.13. The highest BCUT2D eigenvalue weighted by Gasteiger charge is 2.35. The maximum absolute atomic E-state index is 12.4. The molecule has 0 fully saturated rings. The molecule has 0 aliphatic carbocycles. The predicted octanol–water partition coefficient (Wildman–Crippen LogP) is 2.49. The van der Waals surface area contributed by atoms with Crippen LogP contribution >= 0.6 is 0 Å². The van der Waals surface area contributed by atoms with Gasteiger partial charge >= 0.3 is 6.09 Å². The third-order valence-corrected chi connectivity index (χ3v) is 4.19. The normalized spacial score (nSPS) is 16.6. The summed E-state index contributed by atoms with van der Waals surface area (Å²) in [5.74, 6) is 0. The fourth-order valence-electron chi connectivity index (χ4n) is 2.88. The molecule has 0 saturated heterocycles. The zero-order valence-electron chi connectivity index (χ0n) is 13.2. The van der Waals surface area contributed by atoms with E-state index in [0.717, 1.165) is 22.5 Å². The molecular weight excluding hydrogens is 292 g/mol. The van der Waals surface area contributed by atoms with E-state index in [-0.39, 0.29) is 6.61 Å². The first kappa shape index (κ1) is 15.1. The van der Waals surface area contributed by atoms with Crippen LogP contribution in [-0.2, 0) is 24.8 Å².